The lowest BCUT2D eigenvalue weighted by Gasteiger charge is -2.30. The molecular weight excluding hydrogens is 454 g/mol. The van der Waals surface area contributed by atoms with E-state index in [1.165, 1.54) is 22.5 Å². The van der Waals surface area contributed by atoms with E-state index in [2.05, 4.69) is 10.2 Å². The molecule has 0 spiro atoms. The third-order valence-corrected chi connectivity index (χ3v) is 7.45. The number of carbonyl (C=O) groups excluding carboxylic acids is 1. The molecule has 8 nitrogen and oxygen atoms in total. The lowest BCUT2D eigenvalue weighted by atomic mass is 10.0. The van der Waals surface area contributed by atoms with Crippen LogP contribution in [0.4, 0.5) is 0 Å². The molecule has 168 valence electrons. The second kappa shape index (κ2) is 9.40. The van der Waals surface area contributed by atoms with Crippen LogP contribution in [0.5, 0.6) is 0 Å². The van der Waals surface area contributed by atoms with Crippen molar-refractivity contribution in [3.63, 3.8) is 0 Å². The summed E-state index contributed by atoms with van der Waals surface area (Å²) in [6.45, 7) is 2.40. The first kappa shape index (κ1) is 22.4. The first-order valence-electron chi connectivity index (χ1n) is 10.3. The van der Waals surface area contributed by atoms with E-state index in [-0.39, 0.29) is 34.9 Å². The number of rotatable bonds is 6. The highest BCUT2D eigenvalue weighted by Crippen LogP contribution is 2.33. The lowest BCUT2D eigenvalue weighted by molar-refractivity contribution is -0.149. The van der Waals surface area contributed by atoms with Crippen molar-refractivity contribution in [3.8, 4) is 22.9 Å². The summed E-state index contributed by atoms with van der Waals surface area (Å²) in [5.41, 5.74) is 1.06. The van der Waals surface area contributed by atoms with Gasteiger partial charge in [-0.05, 0) is 50.1 Å². The first-order chi connectivity index (χ1) is 15.4. The number of benzene rings is 2. The molecule has 0 radical (unpaired) electrons. The first-order valence-corrected chi connectivity index (χ1v) is 12.1. The Hall–Kier alpha value is -2.75. The number of nitrogens with zero attached hydrogens (tertiary/aromatic N) is 3. The molecule has 4 rings (SSSR count). The molecule has 10 heteroatoms. The van der Waals surface area contributed by atoms with Crippen molar-refractivity contribution in [2.75, 3.05) is 19.7 Å². The standard InChI is InChI=1S/C22H22ClN3O5S/c1-2-30-22(27)16-9-6-12-26(14-16)32(28,29)17-10-11-19(23)18(13-17)21-25-24-20(31-21)15-7-4-3-5-8-15/h3-5,7-8,10-11,13,16H,2,6,9,12,14H2,1H3/t16-/m0/s1. The van der Waals surface area contributed by atoms with Crippen LogP contribution in [-0.2, 0) is 19.6 Å². The minimum absolute atomic E-state index is 0.0425. The molecule has 0 bridgehead atoms. The third kappa shape index (κ3) is 4.55. The Labute approximate surface area is 191 Å². The van der Waals surface area contributed by atoms with Gasteiger partial charge < -0.3 is 9.15 Å². The van der Waals surface area contributed by atoms with E-state index in [4.69, 9.17) is 20.8 Å². The summed E-state index contributed by atoms with van der Waals surface area (Å²) in [6.07, 6.45) is 1.17. The molecule has 1 saturated heterocycles. The van der Waals surface area contributed by atoms with E-state index in [1.54, 1.807) is 6.92 Å². The minimum atomic E-state index is -3.86. The molecule has 0 N–H and O–H groups in total. The summed E-state index contributed by atoms with van der Waals surface area (Å²) < 4.78 is 38.7. The number of piperidine rings is 1. The second-order valence-corrected chi connectivity index (χ2v) is 9.72. The number of ether oxygens (including phenoxy) is 1. The highest BCUT2D eigenvalue weighted by atomic mass is 35.5. The van der Waals surface area contributed by atoms with Crippen LogP contribution in [0.3, 0.4) is 0 Å². The van der Waals surface area contributed by atoms with Gasteiger partial charge in [0.15, 0.2) is 0 Å². The zero-order valence-corrected chi connectivity index (χ0v) is 19.0. The van der Waals surface area contributed by atoms with Gasteiger partial charge in [-0.2, -0.15) is 4.31 Å². The number of sulfonamides is 1. The zero-order chi connectivity index (χ0) is 22.7. The Morgan fingerprint density at radius 1 is 1.19 bits per heavy atom. The number of aromatic nitrogens is 2. The summed E-state index contributed by atoms with van der Waals surface area (Å²) in [5, 5.41) is 8.38. The van der Waals surface area contributed by atoms with Gasteiger partial charge in [0.1, 0.15) is 0 Å². The van der Waals surface area contributed by atoms with E-state index in [0.717, 1.165) is 5.56 Å². The Bertz CT molecular complexity index is 1210. The van der Waals surface area contributed by atoms with Gasteiger partial charge in [-0.3, -0.25) is 4.79 Å². The third-order valence-electron chi connectivity index (χ3n) is 5.26. The maximum absolute atomic E-state index is 13.3. The van der Waals surface area contributed by atoms with Gasteiger partial charge in [0, 0.05) is 18.7 Å². The largest absolute Gasteiger partial charge is 0.466 e. The smallest absolute Gasteiger partial charge is 0.310 e. The summed E-state index contributed by atoms with van der Waals surface area (Å²) in [4.78, 5) is 12.2. The monoisotopic (exact) mass is 475 g/mol. The van der Waals surface area contributed by atoms with Crippen LogP contribution in [0.2, 0.25) is 5.02 Å². The Balaban J connectivity index is 1.62. The van der Waals surface area contributed by atoms with Crippen molar-refractivity contribution in [2.24, 2.45) is 5.92 Å². The van der Waals surface area contributed by atoms with Crippen LogP contribution in [-0.4, -0.2) is 48.6 Å². The predicted octanol–water partition coefficient (Wildman–Crippen LogP) is 4.02. The molecular formula is C22H22ClN3O5S. The SMILES string of the molecule is CCOC(=O)[C@H]1CCCN(S(=O)(=O)c2ccc(Cl)c(-c3nnc(-c4ccccc4)o3)c2)C1. The highest BCUT2D eigenvalue weighted by molar-refractivity contribution is 7.89. The molecule has 0 saturated carbocycles. The van der Waals surface area contributed by atoms with Gasteiger partial charge in [-0.25, -0.2) is 8.42 Å². The van der Waals surface area contributed by atoms with Crippen LogP contribution in [0.15, 0.2) is 57.8 Å². The van der Waals surface area contributed by atoms with Crippen molar-refractivity contribution in [1.82, 2.24) is 14.5 Å². The van der Waals surface area contributed by atoms with E-state index >= 15 is 0 Å². The Kier molecular flexibility index (Phi) is 6.59. The lowest BCUT2D eigenvalue weighted by Crippen LogP contribution is -2.42. The van der Waals surface area contributed by atoms with Gasteiger partial charge in [0.2, 0.25) is 21.8 Å². The molecule has 3 aromatic rings. The van der Waals surface area contributed by atoms with E-state index in [9.17, 15) is 13.2 Å². The van der Waals surface area contributed by atoms with E-state index in [1.807, 2.05) is 30.3 Å². The molecule has 1 atom stereocenters. The number of esters is 1. The van der Waals surface area contributed by atoms with Crippen LogP contribution in [0.25, 0.3) is 22.9 Å². The van der Waals surface area contributed by atoms with Gasteiger partial charge in [-0.1, -0.05) is 29.8 Å². The number of hydrogen-bond acceptors (Lipinski definition) is 7. The predicted molar refractivity (Wildman–Crippen MR) is 118 cm³/mol. The van der Waals surface area contributed by atoms with Crippen molar-refractivity contribution in [2.45, 2.75) is 24.7 Å². The highest BCUT2D eigenvalue weighted by Gasteiger charge is 2.34. The van der Waals surface area contributed by atoms with E-state index < -0.39 is 15.9 Å². The summed E-state index contributed by atoms with van der Waals surface area (Å²) in [5.74, 6) is -0.426. The van der Waals surface area contributed by atoms with Crippen molar-refractivity contribution < 1.29 is 22.4 Å². The van der Waals surface area contributed by atoms with Gasteiger partial charge in [0.05, 0.1) is 28.0 Å². The van der Waals surface area contributed by atoms with Crippen molar-refractivity contribution in [1.29, 1.82) is 0 Å². The number of hydrogen-bond donors (Lipinski definition) is 0. The minimum Gasteiger partial charge on any atom is -0.466 e. The molecule has 0 amide bonds. The Morgan fingerprint density at radius 3 is 2.69 bits per heavy atom. The van der Waals surface area contributed by atoms with E-state index in [0.29, 0.717) is 30.8 Å². The average Bonchev–Trinajstić information content (AvgIpc) is 3.30. The molecule has 1 fully saturated rings. The maximum Gasteiger partial charge on any atom is 0.310 e. The van der Waals surface area contributed by atoms with Crippen LogP contribution in [0.1, 0.15) is 19.8 Å². The van der Waals surface area contributed by atoms with Gasteiger partial charge in [-0.15, -0.1) is 10.2 Å². The molecule has 2 heterocycles. The topological polar surface area (TPSA) is 103 Å². The number of halogens is 1. The summed E-state index contributed by atoms with van der Waals surface area (Å²) in [6, 6.07) is 13.6. The molecule has 1 aliphatic heterocycles. The molecule has 0 aliphatic carbocycles. The van der Waals surface area contributed by atoms with Crippen molar-refractivity contribution >= 4 is 27.6 Å². The van der Waals surface area contributed by atoms with Gasteiger partial charge >= 0.3 is 5.97 Å². The quantitative estimate of drug-likeness (QED) is 0.496. The number of carbonyl (C=O) groups is 1. The molecule has 32 heavy (non-hydrogen) atoms. The molecule has 1 aliphatic rings. The maximum atomic E-state index is 13.3. The van der Waals surface area contributed by atoms with Crippen LogP contribution >= 0.6 is 11.6 Å². The molecule has 2 aromatic carbocycles. The fourth-order valence-electron chi connectivity index (χ4n) is 3.62. The molecule has 1 aromatic heterocycles. The average molecular weight is 476 g/mol. The Morgan fingerprint density at radius 2 is 1.94 bits per heavy atom. The van der Waals surface area contributed by atoms with Crippen LogP contribution < -0.4 is 0 Å². The second-order valence-electron chi connectivity index (χ2n) is 7.37. The fourth-order valence-corrected chi connectivity index (χ4v) is 5.37. The summed E-state index contributed by atoms with van der Waals surface area (Å²) >= 11 is 6.32. The van der Waals surface area contributed by atoms with Gasteiger partial charge in [0.25, 0.3) is 0 Å². The van der Waals surface area contributed by atoms with Crippen molar-refractivity contribution in [3.05, 3.63) is 53.6 Å². The van der Waals surface area contributed by atoms with Crippen LogP contribution in [0, 0.1) is 5.92 Å². The fraction of sp³-hybridized carbons (Fsp3) is 0.318. The normalized spacial score (nSPS) is 17.2. The zero-order valence-electron chi connectivity index (χ0n) is 17.4. The molecule has 0 unspecified atom stereocenters. The summed E-state index contributed by atoms with van der Waals surface area (Å²) in [7, 11) is -3.86.